The summed E-state index contributed by atoms with van der Waals surface area (Å²) in [5.41, 5.74) is 5.65. The Morgan fingerprint density at radius 2 is 1.80 bits per heavy atom. The van der Waals surface area contributed by atoms with Crippen molar-refractivity contribution in [2.24, 2.45) is 5.73 Å². The minimum Gasteiger partial charge on any atom is -0.395 e. The number of hydrogen-bond donors (Lipinski definition) is 2. The second kappa shape index (κ2) is 8.24. The lowest BCUT2D eigenvalue weighted by Gasteiger charge is -2.26. The van der Waals surface area contributed by atoms with Gasteiger partial charge >= 0.3 is 8.56 Å². The lowest BCUT2D eigenvalue weighted by molar-refractivity contribution is 0.189. The van der Waals surface area contributed by atoms with E-state index in [4.69, 9.17) is 14.6 Å². The van der Waals surface area contributed by atoms with E-state index in [2.05, 4.69) is 11.9 Å². The fourth-order valence-corrected chi connectivity index (χ4v) is 3.67. The Morgan fingerprint density at radius 3 is 2.20 bits per heavy atom. The molecule has 0 aromatic heterocycles. The van der Waals surface area contributed by atoms with E-state index in [0.717, 1.165) is 32.3 Å². The van der Waals surface area contributed by atoms with Crippen molar-refractivity contribution in [3.05, 3.63) is 0 Å². The zero-order valence-electron chi connectivity index (χ0n) is 10.5. The first-order chi connectivity index (χ1) is 7.04. The minimum atomic E-state index is -1.92. The Bertz CT molecular complexity index is 150. The molecule has 0 radical (unpaired) electrons. The first-order valence-corrected chi connectivity index (χ1v) is 8.30. The SMILES string of the molecule is CCO[Si](C)(CCNCC(C)N)OCC. The molecule has 0 rings (SSSR count). The Morgan fingerprint density at radius 1 is 1.27 bits per heavy atom. The van der Waals surface area contributed by atoms with E-state index in [1.54, 1.807) is 0 Å². The van der Waals surface area contributed by atoms with Crippen LogP contribution in [0.25, 0.3) is 0 Å². The summed E-state index contributed by atoms with van der Waals surface area (Å²) >= 11 is 0. The highest BCUT2D eigenvalue weighted by Gasteiger charge is 2.29. The lowest BCUT2D eigenvalue weighted by atomic mass is 10.4. The van der Waals surface area contributed by atoms with Gasteiger partial charge in [0.15, 0.2) is 0 Å². The summed E-state index contributed by atoms with van der Waals surface area (Å²) in [6.45, 7) is 11.4. The van der Waals surface area contributed by atoms with Gasteiger partial charge in [-0.05, 0) is 33.9 Å². The molecule has 92 valence electrons. The summed E-state index contributed by atoms with van der Waals surface area (Å²) in [6.07, 6.45) is 0. The molecular weight excluding hydrogens is 208 g/mol. The van der Waals surface area contributed by atoms with Gasteiger partial charge in [-0.1, -0.05) is 0 Å². The van der Waals surface area contributed by atoms with Crippen LogP contribution in [-0.2, 0) is 8.85 Å². The monoisotopic (exact) mass is 234 g/mol. The molecule has 0 aliphatic rings. The average Bonchev–Trinajstić information content (AvgIpc) is 2.13. The normalized spacial score (nSPS) is 14.2. The van der Waals surface area contributed by atoms with Crippen LogP contribution >= 0.6 is 0 Å². The van der Waals surface area contributed by atoms with E-state index in [1.165, 1.54) is 0 Å². The molecule has 1 atom stereocenters. The second-order valence-corrected chi connectivity index (χ2v) is 7.28. The maximum absolute atomic E-state index is 5.72. The predicted molar refractivity (Wildman–Crippen MR) is 66.2 cm³/mol. The van der Waals surface area contributed by atoms with Crippen LogP contribution in [0.3, 0.4) is 0 Å². The summed E-state index contributed by atoms with van der Waals surface area (Å²) in [6, 6.07) is 1.18. The van der Waals surface area contributed by atoms with E-state index in [-0.39, 0.29) is 6.04 Å². The molecule has 0 fully saturated rings. The van der Waals surface area contributed by atoms with E-state index in [0.29, 0.717) is 0 Å². The van der Waals surface area contributed by atoms with Crippen LogP contribution < -0.4 is 11.1 Å². The van der Waals surface area contributed by atoms with Gasteiger partial charge in [-0.15, -0.1) is 0 Å². The molecule has 5 heteroatoms. The molecule has 0 saturated heterocycles. The van der Waals surface area contributed by atoms with Crippen LogP contribution in [0.2, 0.25) is 12.6 Å². The summed E-state index contributed by atoms with van der Waals surface area (Å²) in [4.78, 5) is 0. The van der Waals surface area contributed by atoms with Crippen molar-refractivity contribution in [3.63, 3.8) is 0 Å². The molecule has 0 saturated carbocycles. The molecule has 0 heterocycles. The van der Waals surface area contributed by atoms with E-state index in [9.17, 15) is 0 Å². The molecule has 0 aromatic rings. The molecule has 0 aromatic carbocycles. The Labute approximate surface area is 94.8 Å². The third-order valence-electron chi connectivity index (χ3n) is 2.12. The maximum Gasteiger partial charge on any atom is 0.336 e. The molecule has 0 bridgehead atoms. The van der Waals surface area contributed by atoms with E-state index >= 15 is 0 Å². The van der Waals surface area contributed by atoms with Crippen molar-refractivity contribution >= 4 is 8.56 Å². The highest BCUT2D eigenvalue weighted by Crippen LogP contribution is 2.12. The van der Waals surface area contributed by atoms with Gasteiger partial charge in [0.05, 0.1) is 0 Å². The smallest absolute Gasteiger partial charge is 0.336 e. The Hall–Kier alpha value is 0.0569. The standard InChI is InChI=1S/C10H26N2O2Si/c1-5-13-15(4,14-6-2)8-7-12-9-10(3)11/h10,12H,5-9,11H2,1-4H3. The number of rotatable bonds is 9. The van der Waals surface area contributed by atoms with Gasteiger partial charge in [0.2, 0.25) is 0 Å². The average molecular weight is 234 g/mol. The van der Waals surface area contributed by atoms with Gasteiger partial charge in [0.1, 0.15) is 0 Å². The van der Waals surface area contributed by atoms with Crippen molar-refractivity contribution in [1.29, 1.82) is 0 Å². The summed E-state index contributed by atoms with van der Waals surface area (Å²) in [5.74, 6) is 0. The minimum absolute atomic E-state index is 0.206. The van der Waals surface area contributed by atoms with Crippen molar-refractivity contribution in [2.45, 2.75) is 39.4 Å². The van der Waals surface area contributed by atoms with Gasteiger partial charge in [-0.2, -0.15) is 0 Å². The largest absolute Gasteiger partial charge is 0.395 e. The van der Waals surface area contributed by atoms with E-state index < -0.39 is 8.56 Å². The fraction of sp³-hybridized carbons (Fsp3) is 1.00. The van der Waals surface area contributed by atoms with Crippen molar-refractivity contribution in [1.82, 2.24) is 5.32 Å². The molecule has 1 unspecified atom stereocenters. The van der Waals surface area contributed by atoms with Gasteiger partial charge in [-0.3, -0.25) is 0 Å². The quantitative estimate of drug-likeness (QED) is 0.463. The molecule has 15 heavy (non-hydrogen) atoms. The molecule has 0 aliphatic heterocycles. The van der Waals surface area contributed by atoms with Crippen LogP contribution in [0.15, 0.2) is 0 Å². The molecular formula is C10H26N2O2Si. The molecule has 4 nitrogen and oxygen atoms in total. The summed E-state index contributed by atoms with van der Waals surface area (Å²) in [5, 5.41) is 3.31. The Kier molecular flexibility index (Phi) is 8.27. The molecule has 3 N–H and O–H groups in total. The molecule has 0 aliphatic carbocycles. The van der Waals surface area contributed by atoms with Crippen molar-refractivity contribution < 1.29 is 8.85 Å². The third-order valence-corrected chi connectivity index (χ3v) is 5.08. The van der Waals surface area contributed by atoms with Crippen LogP contribution in [0.4, 0.5) is 0 Å². The van der Waals surface area contributed by atoms with Gasteiger partial charge in [0, 0.05) is 31.8 Å². The fourth-order valence-electron chi connectivity index (χ4n) is 1.44. The van der Waals surface area contributed by atoms with Crippen LogP contribution in [0, 0.1) is 0 Å². The van der Waals surface area contributed by atoms with Crippen LogP contribution in [0.5, 0.6) is 0 Å². The zero-order valence-corrected chi connectivity index (χ0v) is 11.5. The summed E-state index contributed by atoms with van der Waals surface area (Å²) < 4.78 is 11.4. The lowest BCUT2D eigenvalue weighted by Crippen LogP contribution is -2.42. The first-order valence-electron chi connectivity index (χ1n) is 5.78. The van der Waals surface area contributed by atoms with Gasteiger partial charge < -0.3 is 19.9 Å². The summed E-state index contributed by atoms with van der Waals surface area (Å²) in [7, 11) is -1.92. The zero-order chi connectivity index (χ0) is 11.7. The predicted octanol–water partition coefficient (Wildman–Crippen LogP) is 1.07. The topological polar surface area (TPSA) is 56.5 Å². The third kappa shape index (κ3) is 7.93. The first kappa shape index (κ1) is 15.1. The Balaban J connectivity index is 3.75. The van der Waals surface area contributed by atoms with Crippen LogP contribution in [-0.4, -0.2) is 40.9 Å². The number of hydrogen-bond acceptors (Lipinski definition) is 4. The van der Waals surface area contributed by atoms with Crippen molar-refractivity contribution in [2.75, 3.05) is 26.3 Å². The molecule has 0 spiro atoms. The van der Waals surface area contributed by atoms with Gasteiger partial charge in [-0.25, -0.2) is 0 Å². The van der Waals surface area contributed by atoms with Crippen molar-refractivity contribution in [3.8, 4) is 0 Å². The number of nitrogens with one attached hydrogen (secondary N) is 1. The van der Waals surface area contributed by atoms with Crippen LogP contribution in [0.1, 0.15) is 20.8 Å². The second-order valence-electron chi connectivity index (χ2n) is 3.93. The number of nitrogens with two attached hydrogens (primary N) is 1. The van der Waals surface area contributed by atoms with E-state index in [1.807, 2.05) is 20.8 Å². The highest BCUT2D eigenvalue weighted by molar-refractivity contribution is 6.66. The maximum atomic E-state index is 5.72. The van der Waals surface area contributed by atoms with Gasteiger partial charge in [0.25, 0.3) is 0 Å². The highest BCUT2D eigenvalue weighted by atomic mass is 28.4. The molecule has 0 amide bonds.